The summed E-state index contributed by atoms with van der Waals surface area (Å²) in [6, 6.07) is 0. The van der Waals surface area contributed by atoms with E-state index in [0.29, 0.717) is 0 Å². The molecule has 1 rings (SSSR count). The quantitative estimate of drug-likeness (QED) is 0.311. The standard InChI is InChI=1S/C5H10.2K.2H/c1-2-4-5-3-1;;;;/h1-5H2;;;;/q;2*+1;2*-1. The third kappa shape index (κ3) is 7.17. The van der Waals surface area contributed by atoms with Gasteiger partial charge in [-0.15, -0.1) is 0 Å². The maximum Gasteiger partial charge on any atom is 1.00 e. The molecule has 34 valence electrons. The Morgan fingerprint density at radius 2 is 0.714 bits per heavy atom. The first-order chi connectivity index (χ1) is 2.50. The molecule has 0 heterocycles. The summed E-state index contributed by atoms with van der Waals surface area (Å²) in [6.45, 7) is 0. The minimum atomic E-state index is 0. The normalized spacial score (nSPS) is 17.1. The Bertz CT molecular complexity index is 24.5. The molecular weight excluding hydrogens is 138 g/mol. The molecule has 1 aliphatic carbocycles. The van der Waals surface area contributed by atoms with Crippen LogP contribution in [0, 0.1) is 0 Å². The van der Waals surface area contributed by atoms with Gasteiger partial charge in [-0.25, -0.2) is 0 Å². The average molecular weight is 150 g/mol. The molecule has 0 N–H and O–H groups in total. The molecule has 0 aliphatic heterocycles. The number of hydrogen-bond donors (Lipinski definition) is 0. The molecular formula is C5H12K2. The van der Waals surface area contributed by atoms with Crippen LogP contribution in [0.4, 0.5) is 0 Å². The van der Waals surface area contributed by atoms with Gasteiger partial charge in [-0.05, 0) is 0 Å². The maximum absolute atomic E-state index is 1.50. The van der Waals surface area contributed by atoms with Crippen molar-refractivity contribution in [2.75, 3.05) is 0 Å². The zero-order valence-electron chi connectivity index (χ0n) is 7.54. The maximum atomic E-state index is 1.50. The third-order valence-electron chi connectivity index (χ3n) is 1.25. The van der Waals surface area contributed by atoms with Crippen molar-refractivity contribution in [1.82, 2.24) is 0 Å². The molecule has 0 aromatic rings. The minimum Gasteiger partial charge on any atom is -1.00 e. The predicted octanol–water partition coefficient (Wildman–Crippen LogP) is -3.82. The smallest absolute Gasteiger partial charge is 1.00 e. The molecule has 0 unspecified atom stereocenters. The van der Waals surface area contributed by atoms with Crippen molar-refractivity contribution < 1.29 is 106 Å². The van der Waals surface area contributed by atoms with Gasteiger partial charge in [-0.2, -0.15) is 0 Å². The van der Waals surface area contributed by atoms with Gasteiger partial charge in [0.1, 0.15) is 0 Å². The second kappa shape index (κ2) is 9.27. The van der Waals surface area contributed by atoms with Crippen LogP contribution in [0.1, 0.15) is 35.0 Å². The van der Waals surface area contributed by atoms with Crippen molar-refractivity contribution in [1.29, 1.82) is 0 Å². The largest absolute Gasteiger partial charge is 1.00 e. The fraction of sp³-hybridized carbons (Fsp3) is 1.00. The predicted molar refractivity (Wildman–Crippen MR) is 25.3 cm³/mol. The Morgan fingerprint density at radius 3 is 0.857 bits per heavy atom. The third-order valence-corrected chi connectivity index (χ3v) is 1.25. The molecule has 0 saturated heterocycles. The van der Waals surface area contributed by atoms with E-state index < -0.39 is 0 Å². The Balaban J connectivity index is -0.0000000312. The monoisotopic (exact) mass is 150 g/mol. The molecule has 0 aromatic heterocycles. The van der Waals surface area contributed by atoms with E-state index in [2.05, 4.69) is 0 Å². The first-order valence-electron chi connectivity index (χ1n) is 2.50. The molecule has 7 heavy (non-hydrogen) atoms. The summed E-state index contributed by atoms with van der Waals surface area (Å²) in [4.78, 5) is 0. The molecule has 1 fully saturated rings. The SMILES string of the molecule is C1CCCC1.[H-].[H-].[K+].[K+]. The summed E-state index contributed by atoms with van der Waals surface area (Å²) in [7, 11) is 0. The van der Waals surface area contributed by atoms with Crippen LogP contribution in [-0.2, 0) is 0 Å². The second-order valence-electron chi connectivity index (χ2n) is 1.77. The van der Waals surface area contributed by atoms with E-state index in [1.807, 2.05) is 0 Å². The van der Waals surface area contributed by atoms with Crippen molar-refractivity contribution >= 4 is 0 Å². The molecule has 1 saturated carbocycles. The van der Waals surface area contributed by atoms with E-state index in [4.69, 9.17) is 0 Å². The summed E-state index contributed by atoms with van der Waals surface area (Å²) >= 11 is 0. The molecule has 0 amide bonds. The van der Waals surface area contributed by atoms with Gasteiger partial charge in [-0.3, -0.25) is 0 Å². The van der Waals surface area contributed by atoms with Crippen LogP contribution in [-0.4, -0.2) is 0 Å². The van der Waals surface area contributed by atoms with E-state index in [1.54, 1.807) is 0 Å². The first kappa shape index (κ1) is 12.9. The molecule has 0 bridgehead atoms. The van der Waals surface area contributed by atoms with Gasteiger partial charge in [0.25, 0.3) is 0 Å². The van der Waals surface area contributed by atoms with E-state index >= 15 is 0 Å². The second-order valence-corrected chi connectivity index (χ2v) is 1.77. The summed E-state index contributed by atoms with van der Waals surface area (Å²) in [5.74, 6) is 0. The minimum absolute atomic E-state index is 0. The summed E-state index contributed by atoms with van der Waals surface area (Å²) in [5, 5.41) is 0. The zero-order chi connectivity index (χ0) is 3.54. The Kier molecular flexibility index (Phi) is 17.1. The van der Waals surface area contributed by atoms with Gasteiger partial charge in [0.15, 0.2) is 0 Å². The van der Waals surface area contributed by atoms with Crippen LogP contribution in [0.2, 0.25) is 0 Å². The Labute approximate surface area is 134 Å². The van der Waals surface area contributed by atoms with Crippen LogP contribution in [0.5, 0.6) is 0 Å². The van der Waals surface area contributed by atoms with Gasteiger partial charge in [-0.1, -0.05) is 32.1 Å². The zero-order valence-corrected chi connectivity index (χ0v) is 11.8. The van der Waals surface area contributed by atoms with Crippen molar-refractivity contribution in [2.24, 2.45) is 0 Å². The van der Waals surface area contributed by atoms with Gasteiger partial charge < -0.3 is 2.85 Å². The van der Waals surface area contributed by atoms with Gasteiger partial charge in [0, 0.05) is 0 Å². The molecule has 0 nitrogen and oxygen atoms in total. The van der Waals surface area contributed by atoms with E-state index in [9.17, 15) is 0 Å². The van der Waals surface area contributed by atoms with E-state index in [1.165, 1.54) is 32.1 Å². The summed E-state index contributed by atoms with van der Waals surface area (Å²) in [5.41, 5.74) is 0. The van der Waals surface area contributed by atoms with E-state index in [-0.39, 0.29) is 106 Å². The van der Waals surface area contributed by atoms with Gasteiger partial charge in [0.05, 0.1) is 0 Å². The van der Waals surface area contributed by atoms with E-state index in [0.717, 1.165) is 0 Å². The fourth-order valence-corrected chi connectivity index (χ4v) is 0.884. The Morgan fingerprint density at radius 1 is 0.571 bits per heavy atom. The van der Waals surface area contributed by atoms with Crippen molar-refractivity contribution in [3.63, 3.8) is 0 Å². The molecule has 0 radical (unpaired) electrons. The molecule has 2 heteroatoms. The molecule has 0 atom stereocenters. The van der Waals surface area contributed by atoms with Crippen molar-refractivity contribution in [2.45, 2.75) is 32.1 Å². The summed E-state index contributed by atoms with van der Waals surface area (Å²) in [6.07, 6.45) is 7.50. The Hall–Kier alpha value is 3.27. The van der Waals surface area contributed by atoms with Crippen LogP contribution >= 0.6 is 0 Å². The van der Waals surface area contributed by atoms with Gasteiger partial charge >= 0.3 is 103 Å². The van der Waals surface area contributed by atoms with Crippen molar-refractivity contribution in [3.05, 3.63) is 0 Å². The molecule has 0 aromatic carbocycles. The average Bonchev–Trinajstić information content (AvgIpc) is 1.76. The molecule has 1 aliphatic rings. The van der Waals surface area contributed by atoms with Crippen LogP contribution in [0.15, 0.2) is 0 Å². The number of hydrogen-bond acceptors (Lipinski definition) is 0. The first-order valence-corrected chi connectivity index (χ1v) is 2.50. The topological polar surface area (TPSA) is 0 Å². The molecule has 0 spiro atoms. The number of rotatable bonds is 0. The van der Waals surface area contributed by atoms with Crippen molar-refractivity contribution in [3.8, 4) is 0 Å². The van der Waals surface area contributed by atoms with Crippen LogP contribution < -0.4 is 103 Å². The van der Waals surface area contributed by atoms with Crippen LogP contribution in [0.3, 0.4) is 0 Å². The summed E-state index contributed by atoms with van der Waals surface area (Å²) < 4.78 is 0. The van der Waals surface area contributed by atoms with Gasteiger partial charge in [0.2, 0.25) is 0 Å². The fourth-order valence-electron chi connectivity index (χ4n) is 0.884. The van der Waals surface area contributed by atoms with Crippen LogP contribution in [0.25, 0.3) is 0 Å².